The molecule has 0 amide bonds. The van der Waals surface area contributed by atoms with Crippen molar-refractivity contribution < 1.29 is 0 Å². The summed E-state index contributed by atoms with van der Waals surface area (Å²) < 4.78 is 0. The SMILES string of the molecule is CCCNCCC(C)N(CC)Cc1ccccn1. The van der Waals surface area contributed by atoms with Gasteiger partial charge in [-0.25, -0.2) is 0 Å². The zero-order valence-corrected chi connectivity index (χ0v) is 12.0. The standard InChI is InChI=1S/C15H27N3/c1-4-10-16-12-9-14(3)18(5-2)13-15-8-6-7-11-17-15/h6-8,11,14,16H,4-5,9-10,12-13H2,1-3H3. The van der Waals surface area contributed by atoms with Crippen LogP contribution in [-0.4, -0.2) is 35.6 Å². The van der Waals surface area contributed by atoms with Crippen LogP contribution in [0.2, 0.25) is 0 Å². The van der Waals surface area contributed by atoms with Gasteiger partial charge in [0.05, 0.1) is 5.69 Å². The topological polar surface area (TPSA) is 28.2 Å². The molecule has 18 heavy (non-hydrogen) atoms. The Morgan fingerprint density at radius 1 is 1.28 bits per heavy atom. The Morgan fingerprint density at radius 3 is 2.72 bits per heavy atom. The number of hydrogen-bond acceptors (Lipinski definition) is 3. The van der Waals surface area contributed by atoms with Crippen LogP contribution in [0.5, 0.6) is 0 Å². The van der Waals surface area contributed by atoms with Crippen molar-refractivity contribution in [3.05, 3.63) is 30.1 Å². The number of rotatable bonds is 9. The highest BCUT2D eigenvalue weighted by Crippen LogP contribution is 2.08. The number of nitrogens with zero attached hydrogens (tertiary/aromatic N) is 2. The van der Waals surface area contributed by atoms with Gasteiger partial charge in [-0.2, -0.15) is 0 Å². The van der Waals surface area contributed by atoms with Crippen molar-refractivity contribution in [2.75, 3.05) is 19.6 Å². The second-order valence-corrected chi connectivity index (χ2v) is 4.77. The lowest BCUT2D eigenvalue weighted by molar-refractivity contribution is 0.198. The summed E-state index contributed by atoms with van der Waals surface area (Å²) in [5, 5.41) is 3.47. The van der Waals surface area contributed by atoms with Gasteiger partial charge in [0.1, 0.15) is 0 Å². The highest BCUT2D eigenvalue weighted by molar-refractivity contribution is 5.03. The molecule has 0 spiro atoms. The summed E-state index contributed by atoms with van der Waals surface area (Å²) in [4.78, 5) is 6.88. The maximum atomic E-state index is 4.40. The van der Waals surface area contributed by atoms with E-state index in [0.29, 0.717) is 6.04 Å². The largest absolute Gasteiger partial charge is 0.317 e. The van der Waals surface area contributed by atoms with E-state index in [2.05, 4.69) is 48.1 Å². The van der Waals surface area contributed by atoms with Gasteiger partial charge in [0, 0.05) is 18.8 Å². The zero-order chi connectivity index (χ0) is 13.2. The van der Waals surface area contributed by atoms with E-state index >= 15 is 0 Å². The predicted molar refractivity (Wildman–Crippen MR) is 77.6 cm³/mol. The van der Waals surface area contributed by atoms with Gasteiger partial charge in [-0.3, -0.25) is 9.88 Å². The molecule has 0 aliphatic carbocycles. The van der Waals surface area contributed by atoms with Gasteiger partial charge in [-0.15, -0.1) is 0 Å². The summed E-state index contributed by atoms with van der Waals surface area (Å²) in [7, 11) is 0. The second kappa shape index (κ2) is 9.06. The van der Waals surface area contributed by atoms with Gasteiger partial charge >= 0.3 is 0 Å². The summed E-state index contributed by atoms with van der Waals surface area (Å²) in [6.07, 6.45) is 4.27. The van der Waals surface area contributed by atoms with E-state index in [1.807, 2.05) is 12.3 Å². The minimum absolute atomic E-state index is 0.598. The third-order valence-electron chi connectivity index (χ3n) is 3.29. The van der Waals surface area contributed by atoms with Crippen molar-refractivity contribution in [1.29, 1.82) is 0 Å². The van der Waals surface area contributed by atoms with Crippen LogP contribution in [0.1, 0.15) is 39.3 Å². The molecule has 1 atom stereocenters. The van der Waals surface area contributed by atoms with E-state index < -0.39 is 0 Å². The Labute approximate surface area is 112 Å². The Hall–Kier alpha value is -0.930. The number of pyridine rings is 1. The molecule has 3 heteroatoms. The van der Waals surface area contributed by atoms with E-state index in [4.69, 9.17) is 0 Å². The maximum absolute atomic E-state index is 4.40. The molecule has 3 nitrogen and oxygen atoms in total. The second-order valence-electron chi connectivity index (χ2n) is 4.77. The average molecular weight is 249 g/mol. The normalized spacial score (nSPS) is 12.9. The van der Waals surface area contributed by atoms with E-state index in [0.717, 1.165) is 31.9 Å². The van der Waals surface area contributed by atoms with Crippen LogP contribution in [0.4, 0.5) is 0 Å². The van der Waals surface area contributed by atoms with Crippen LogP contribution < -0.4 is 5.32 Å². The molecule has 0 aliphatic heterocycles. The molecular weight excluding hydrogens is 222 g/mol. The summed E-state index contributed by atoms with van der Waals surface area (Å²) >= 11 is 0. The highest BCUT2D eigenvalue weighted by Gasteiger charge is 2.12. The van der Waals surface area contributed by atoms with Gasteiger partial charge in [0.15, 0.2) is 0 Å². The van der Waals surface area contributed by atoms with Crippen LogP contribution in [0, 0.1) is 0 Å². The van der Waals surface area contributed by atoms with Crippen LogP contribution in [0.3, 0.4) is 0 Å². The molecule has 0 saturated heterocycles. The van der Waals surface area contributed by atoms with Crippen LogP contribution in [-0.2, 0) is 6.54 Å². The molecule has 1 N–H and O–H groups in total. The van der Waals surface area contributed by atoms with Crippen molar-refractivity contribution in [3.63, 3.8) is 0 Å². The monoisotopic (exact) mass is 249 g/mol. The quantitative estimate of drug-likeness (QED) is 0.682. The maximum Gasteiger partial charge on any atom is 0.0544 e. The first-order valence-electron chi connectivity index (χ1n) is 7.12. The summed E-state index contributed by atoms with van der Waals surface area (Å²) in [5.41, 5.74) is 1.16. The minimum atomic E-state index is 0.598. The summed E-state index contributed by atoms with van der Waals surface area (Å²) in [5.74, 6) is 0. The summed E-state index contributed by atoms with van der Waals surface area (Å²) in [6, 6.07) is 6.73. The fourth-order valence-corrected chi connectivity index (χ4v) is 2.07. The number of nitrogens with one attached hydrogen (secondary N) is 1. The molecule has 0 saturated carbocycles. The van der Waals surface area contributed by atoms with Crippen LogP contribution >= 0.6 is 0 Å². The van der Waals surface area contributed by atoms with Gasteiger partial charge in [0.2, 0.25) is 0 Å². The number of hydrogen-bond donors (Lipinski definition) is 1. The van der Waals surface area contributed by atoms with Gasteiger partial charge in [0.25, 0.3) is 0 Å². The Balaban J connectivity index is 2.35. The molecule has 1 heterocycles. The molecule has 0 fully saturated rings. The molecule has 1 unspecified atom stereocenters. The smallest absolute Gasteiger partial charge is 0.0544 e. The van der Waals surface area contributed by atoms with Crippen molar-refractivity contribution in [3.8, 4) is 0 Å². The van der Waals surface area contributed by atoms with Gasteiger partial charge in [-0.05, 0) is 51.5 Å². The molecule has 0 aliphatic rings. The fourth-order valence-electron chi connectivity index (χ4n) is 2.07. The van der Waals surface area contributed by atoms with E-state index in [-0.39, 0.29) is 0 Å². The first-order chi connectivity index (χ1) is 8.77. The van der Waals surface area contributed by atoms with Crippen molar-refractivity contribution in [2.24, 2.45) is 0 Å². The lowest BCUT2D eigenvalue weighted by atomic mass is 10.2. The first kappa shape index (κ1) is 15.1. The molecule has 1 aromatic rings. The molecule has 0 aromatic carbocycles. The highest BCUT2D eigenvalue weighted by atomic mass is 15.2. The third kappa shape index (κ3) is 5.61. The lowest BCUT2D eigenvalue weighted by Crippen LogP contribution is -2.35. The van der Waals surface area contributed by atoms with E-state index in [9.17, 15) is 0 Å². The first-order valence-corrected chi connectivity index (χ1v) is 7.12. The van der Waals surface area contributed by atoms with Crippen molar-refractivity contribution in [1.82, 2.24) is 15.2 Å². The Bertz CT molecular complexity index is 300. The molecule has 1 aromatic heterocycles. The molecule has 1 rings (SSSR count). The molecular formula is C15H27N3. The number of aromatic nitrogens is 1. The Kier molecular flexibility index (Phi) is 7.62. The predicted octanol–water partition coefficient (Wildman–Crippen LogP) is 2.68. The van der Waals surface area contributed by atoms with E-state index in [1.165, 1.54) is 12.8 Å². The van der Waals surface area contributed by atoms with Gasteiger partial charge in [-0.1, -0.05) is 19.9 Å². The van der Waals surface area contributed by atoms with Crippen molar-refractivity contribution >= 4 is 0 Å². The van der Waals surface area contributed by atoms with Crippen molar-refractivity contribution in [2.45, 2.75) is 46.2 Å². The molecule has 0 radical (unpaired) electrons. The average Bonchev–Trinajstić information content (AvgIpc) is 2.42. The summed E-state index contributed by atoms with van der Waals surface area (Å²) in [6.45, 7) is 11.0. The van der Waals surface area contributed by atoms with Crippen LogP contribution in [0.25, 0.3) is 0 Å². The minimum Gasteiger partial charge on any atom is -0.317 e. The zero-order valence-electron chi connectivity index (χ0n) is 12.0. The van der Waals surface area contributed by atoms with Crippen LogP contribution in [0.15, 0.2) is 24.4 Å². The molecule has 0 bridgehead atoms. The third-order valence-corrected chi connectivity index (χ3v) is 3.29. The van der Waals surface area contributed by atoms with E-state index in [1.54, 1.807) is 0 Å². The fraction of sp³-hybridized carbons (Fsp3) is 0.667. The molecule has 102 valence electrons. The van der Waals surface area contributed by atoms with Gasteiger partial charge < -0.3 is 5.32 Å². The Morgan fingerprint density at radius 2 is 2.11 bits per heavy atom. The lowest BCUT2D eigenvalue weighted by Gasteiger charge is -2.27.